The van der Waals surface area contributed by atoms with Gasteiger partial charge >= 0.3 is 6.61 Å². The van der Waals surface area contributed by atoms with Gasteiger partial charge in [0.1, 0.15) is 11.5 Å². The zero-order valence-electron chi connectivity index (χ0n) is 8.42. The maximum atomic E-state index is 11.7. The van der Waals surface area contributed by atoms with Crippen LogP contribution >= 0.6 is 0 Å². The smallest absolute Gasteiger partial charge is 0.387 e. The Labute approximate surface area is 82.1 Å². The number of hydrogen-bond donors (Lipinski definition) is 1. The quantitative estimate of drug-likeness (QED) is 0.800. The average molecular weight is 204 g/mol. The molecule has 0 aliphatic carbocycles. The molecule has 1 N–H and O–H groups in total. The van der Waals surface area contributed by atoms with E-state index in [1.807, 2.05) is 13.8 Å². The summed E-state index contributed by atoms with van der Waals surface area (Å²) in [5.74, 6) is 0.122. The van der Waals surface area contributed by atoms with E-state index in [0.717, 1.165) is 0 Å². The molecule has 0 fully saturated rings. The fourth-order valence-corrected chi connectivity index (χ4v) is 0.804. The number of ether oxygens (including phenoxy) is 1. The molecule has 0 unspecified atom stereocenters. The van der Waals surface area contributed by atoms with Crippen LogP contribution in [0.5, 0.6) is 11.5 Å². The number of phenols is 1. The second kappa shape index (κ2) is 6.18. The highest BCUT2D eigenvalue weighted by molar-refractivity contribution is 5.38. The third-order valence-corrected chi connectivity index (χ3v) is 1.39. The second-order valence-corrected chi connectivity index (χ2v) is 2.33. The van der Waals surface area contributed by atoms with E-state index in [1.165, 1.54) is 18.2 Å². The monoisotopic (exact) mass is 204 g/mol. The van der Waals surface area contributed by atoms with E-state index in [4.69, 9.17) is 5.11 Å². The second-order valence-electron chi connectivity index (χ2n) is 2.33. The fraction of sp³-hybridized carbons (Fsp3) is 0.400. The molecule has 0 saturated heterocycles. The van der Waals surface area contributed by atoms with Gasteiger partial charge in [-0.05, 0) is 30.7 Å². The molecule has 1 aromatic carbocycles. The minimum absolute atomic E-state index is 0.0558. The first-order chi connectivity index (χ1) is 6.59. The molecule has 14 heavy (non-hydrogen) atoms. The van der Waals surface area contributed by atoms with Crippen molar-refractivity contribution in [1.29, 1.82) is 0 Å². The molecule has 0 amide bonds. The Morgan fingerprint density at radius 1 is 1.29 bits per heavy atom. The van der Waals surface area contributed by atoms with Gasteiger partial charge in [0.05, 0.1) is 0 Å². The third-order valence-electron chi connectivity index (χ3n) is 1.39. The van der Waals surface area contributed by atoms with E-state index in [9.17, 15) is 8.78 Å². The Hall–Kier alpha value is -1.32. The lowest BCUT2D eigenvalue weighted by Gasteiger charge is -2.05. The van der Waals surface area contributed by atoms with Gasteiger partial charge in [-0.25, -0.2) is 0 Å². The van der Waals surface area contributed by atoms with E-state index < -0.39 is 6.61 Å². The van der Waals surface area contributed by atoms with Crippen LogP contribution in [-0.2, 0) is 0 Å². The maximum Gasteiger partial charge on any atom is 0.387 e. The van der Waals surface area contributed by atoms with Crippen LogP contribution in [0.25, 0.3) is 0 Å². The molecular formula is C10H14F2O2. The molecule has 0 spiro atoms. The Balaban J connectivity index is 0.000000791. The average Bonchev–Trinajstić information content (AvgIpc) is 2.14. The van der Waals surface area contributed by atoms with Crippen molar-refractivity contribution in [2.45, 2.75) is 27.4 Å². The summed E-state index contributed by atoms with van der Waals surface area (Å²) in [5.41, 5.74) is 0.508. The molecule has 0 atom stereocenters. The van der Waals surface area contributed by atoms with Crippen molar-refractivity contribution < 1.29 is 18.6 Å². The summed E-state index contributed by atoms with van der Waals surface area (Å²) in [4.78, 5) is 0. The number of phenolic OH excluding ortho intramolecular Hbond substituents is 1. The minimum Gasteiger partial charge on any atom is -0.508 e. The predicted molar refractivity (Wildman–Crippen MR) is 50.8 cm³/mol. The van der Waals surface area contributed by atoms with Gasteiger partial charge in [0, 0.05) is 0 Å². The van der Waals surface area contributed by atoms with Crippen molar-refractivity contribution in [3.63, 3.8) is 0 Å². The van der Waals surface area contributed by atoms with Crippen molar-refractivity contribution in [2.75, 3.05) is 0 Å². The number of rotatable bonds is 2. The first-order valence-corrected chi connectivity index (χ1v) is 4.34. The number of alkyl halides is 2. The number of halogens is 2. The topological polar surface area (TPSA) is 29.5 Å². The van der Waals surface area contributed by atoms with E-state index in [0.29, 0.717) is 5.56 Å². The van der Waals surface area contributed by atoms with Gasteiger partial charge < -0.3 is 9.84 Å². The normalized spacial score (nSPS) is 9.29. The van der Waals surface area contributed by atoms with Crippen LogP contribution in [-0.4, -0.2) is 11.7 Å². The van der Waals surface area contributed by atoms with Gasteiger partial charge in [0.2, 0.25) is 0 Å². The van der Waals surface area contributed by atoms with Crippen molar-refractivity contribution >= 4 is 0 Å². The van der Waals surface area contributed by atoms with Crippen LogP contribution in [0.15, 0.2) is 18.2 Å². The number of aryl methyl sites for hydroxylation is 1. The predicted octanol–water partition coefficient (Wildman–Crippen LogP) is 3.33. The first kappa shape index (κ1) is 12.7. The van der Waals surface area contributed by atoms with Gasteiger partial charge in [0.25, 0.3) is 0 Å². The molecule has 0 aliphatic rings. The fourth-order valence-electron chi connectivity index (χ4n) is 0.804. The Morgan fingerprint density at radius 2 is 1.86 bits per heavy atom. The Morgan fingerprint density at radius 3 is 2.29 bits per heavy atom. The SMILES string of the molecule is CC.Cc1cc(OC(F)F)ccc1O. The molecule has 0 saturated carbocycles. The summed E-state index contributed by atoms with van der Waals surface area (Å²) in [5, 5.41) is 9.03. The summed E-state index contributed by atoms with van der Waals surface area (Å²) in [6.45, 7) is 2.78. The van der Waals surface area contributed by atoms with Crippen LogP contribution in [0.2, 0.25) is 0 Å². The van der Waals surface area contributed by atoms with E-state index in [1.54, 1.807) is 6.92 Å². The lowest BCUT2D eigenvalue weighted by molar-refractivity contribution is -0.0499. The van der Waals surface area contributed by atoms with Crippen molar-refractivity contribution in [3.05, 3.63) is 23.8 Å². The van der Waals surface area contributed by atoms with Gasteiger partial charge in [-0.2, -0.15) is 8.78 Å². The molecule has 0 aromatic heterocycles. The summed E-state index contributed by atoms with van der Waals surface area (Å²) < 4.78 is 27.4. The van der Waals surface area contributed by atoms with Gasteiger partial charge in [0.15, 0.2) is 0 Å². The van der Waals surface area contributed by atoms with Crippen LogP contribution < -0.4 is 4.74 Å². The van der Waals surface area contributed by atoms with Crippen LogP contribution in [0, 0.1) is 6.92 Å². The number of hydrogen-bond acceptors (Lipinski definition) is 2. The molecule has 4 heteroatoms. The minimum atomic E-state index is -2.83. The van der Waals surface area contributed by atoms with E-state index >= 15 is 0 Å². The zero-order chi connectivity index (χ0) is 11.1. The molecule has 1 aromatic rings. The Bertz CT molecular complexity index is 275. The molecule has 0 radical (unpaired) electrons. The zero-order valence-corrected chi connectivity index (χ0v) is 8.42. The highest BCUT2D eigenvalue weighted by Crippen LogP contribution is 2.22. The van der Waals surface area contributed by atoms with Crippen molar-refractivity contribution in [2.24, 2.45) is 0 Å². The van der Waals surface area contributed by atoms with Crippen LogP contribution in [0.4, 0.5) is 8.78 Å². The maximum absolute atomic E-state index is 11.7. The lowest BCUT2D eigenvalue weighted by atomic mass is 10.2. The van der Waals surface area contributed by atoms with Crippen molar-refractivity contribution in [1.82, 2.24) is 0 Å². The number of aromatic hydroxyl groups is 1. The van der Waals surface area contributed by atoms with Crippen LogP contribution in [0.1, 0.15) is 19.4 Å². The summed E-state index contributed by atoms with van der Waals surface area (Å²) >= 11 is 0. The molecule has 0 heterocycles. The first-order valence-electron chi connectivity index (χ1n) is 4.34. The summed E-state index contributed by atoms with van der Waals surface area (Å²) in [6, 6.07) is 3.95. The highest BCUT2D eigenvalue weighted by Gasteiger charge is 2.04. The third kappa shape index (κ3) is 4.07. The Kier molecular flexibility index (Phi) is 5.60. The summed E-state index contributed by atoms with van der Waals surface area (Å²) in [7, 11) is 0. The molecular weight excluding hydrogens is 190 g/mol. The molecule has 0 bridgehead atoms. The molecule has 1 rings (SSSR count). The van der Waals surface area contributed by atoms with Gasteiger partial charge in [-0.15, -0.1) is 0 Å². The largest absolute Gasteiger partial charge is 0.508 e. The van der Waals surface area contributed by atoms with Gasteiger partial charge in [-0.3, -0.25) is 0 Å². The highest BCUT2D eigenvalue weighted by atomic mass is 19.3. The summed E-state index contributed by atoms with van der Waals surface area (Å²) in [6.07, 6.45) is 0. The number of benzene rings is 1. The van der Waals surface area contributed by atoms with E-state index in [-0.39, 0.29) is 11.5 Å². The molecule has 2 nitrogen and oxygen atoms in total. The molecule has 0 aliphatic heterocycles. The molecule has 80 valence electrons. The lowest BCUT2D eigenvalue weighted by Crippen LogP contribution is -2.01. The van der Waals surface area contributed by atoms with Crippen molar-refractivity contribution in [3.8, 4) is 11.5 Å². The van der Waals surface area contributed by atoms with Gasteiger partial charge in [-0.1, -0.05) is 13.8 Å². The standard InChI is InChI=1S/C8H8F2O2.C2H6/c1-5-4-6(12-8(9)10)2-3-7(5)11;1-2/h2-4,8,11H,1H3;1-2H3. The van der Waals surface area contributed by atoms with Crippen LogP contribution in [0.3, 0.4) is 0 Å². The van der Waals surface area contributed by atoms with E-state index in [2.05, 4.69) is 4.74 Å².